The molecule has 3 unspecified atom stereocenters. The maximum Gasteiger partial charge on any atom is 0.420 e. The Hall–Kier alpha value is -5.08. The van der Waals surface area contributed by atoms with Crippen LogP contribution in [0.3, 0.4) is 0 Å². The van der Waals surface area contributed by atoms with Gasteiger partial charge in [-0.1, -0.05) is 56.3 Å². The molecule has 2 fully saturated rings. The van der Waals surface area contributed by atoms with Crippen LogP contribution in [0.4, 0.5) is 22.0 Å². The molecule has 8 rings (SSSR count). The van der Waals surface area contributed by atoms with Gasteiger partial charge < -0.3 is 18.7 Å². The molecule has 4 atom stereocenters. The van der Waals surface area contributed by atoms with Crippen LogP contribution in [0.25, 0.3) is 27.8 Å². The Bertz CT molecular complexity index is 2370. The van der Waals surface area contributed by atoms with Crippen LogP contribution in [0, 0.1) is 18.8 Å². The molecule has 0 saturated carbocycles. The molecule has 0 radical (unpaired) electrons. The van der Waals surface area contributed by atoms with Crippen LogP contribution < -0.4 is 4.74 Å². The van der Waals surface area contributed by atoms with Gasteiger partial charge in [-0.15, -0.1) is 0 Å². The van der Waals surface area contributed by atoms with E-state index in [0.717, 1.165) is 42.3 Å². The van der Waals surface area contributed by atoms with Gasteiger partial charge >= 0.3 is 18.8 Å². The summed E-state index contributed by atoms with van der Waals surface area (Å²) >= 11 is 0. The number of nitrogens with zero attached hydrogens (tertiary/aromatic N) is 4. The molecule has 0 amide bonds. The molecule has 2 aromatic heterocycles. The van der Waals surface area contributed by atoms with E-state index >= 15 is 0 Å². The topological polar surface area (TPSA) is 105 Å². The second kappa shape index (κ2) is 14.5. The first kappa shape index (κ1) is 37.8. The molecule has 0 spiro atoms. The van der Waals surface area contributed by atoms with Crippen LogP contribution in [-0.2, 0) is 29.5 Å². The van der Waals surface area contributed by atoms with E-state index in [1.165, 1.54) is 12.1 Å². The molecule has 14 heteroatoms. The number of ether oxygens (including phenoxy) is 1. The predicted octanol–water partition coefficient (Wildman–Crippen LogP) is 9.36. The summed E-state index contributed by atoms with van der Waals surface area (Å²) < 4.78 is 89.6. The molecule has 4 heterocycles. The average molecular weight is 777 g/mol. The molecule has 3 aromatic carbocycles. The highest BCUT2D eigenvalue weighted by Gasteiger charge is 2.50. The zero-order chi connectivity index (χ0) is 39.5. The lowest BCUT2D eigenvalue weighted by atomic mass is 9.67. The van der Waals surface area contributed by atoms with Crippen LogP contribution in [-0.4, -0.2) is 63.1 Å². The minimum absolute atomic E-state index is 0.00277. The van der Waals surface area contributed by atoms with Gasteiger partial charge in [0.1, 0.15) is 33.8 Å². The van der Waals surface area contributed by atoms with Gasteiger partial charge in [-0.05, 0) is 85.7 Å². The van der Waals surface area contributed by atoms with Gasteiger partial charge in [0.05, 0.1) is 0 Å². The Kier molecular flexibility index (Phi) is 9.76. The standard InChI is InChI=1S/C42H41F5N4O5/c1-23-12-15-50(20-23)21-26-16-30(42(45,46)47)36-32(17-26)49-39(56-36)41(13-6-10-29(25(41)3)28-9-5-4-8-24(28)2)38-48-31-18-27(22-51-14-7-11-33(51)37(52)53)34(55-40(43)44)19-35(31)54-38/h4-6,8-10,13,16-19,23,25,33,40H,7,11-12,14-15,20-22H2,1-3H3,(H,52,53)/t23?,25?,33-,41?/m1/s1. The first-order valence-electron chi connectivity index (χ1n) is 18.8. The SMILES string of the molecule is Cc1ccccc1C1=CC=CC(c2nc3cc(CN4CCC[C@@H]4C(=O)O)c(OC(F)F)cc3o2)(c2nc3cc(CN4CCC(C)C4)cc(C(F)(F)F)c3o2)C1C. The fourth-order valence-electron chi connectivity index (χ4n) is 8.68. The minimum Gasteiger partial charge on any atom is -0.480 e. The van der Waals surface area contributed by atoms with E-state index in [-0.39, 0.29) is 46.3 Å². The first-order valence-corrected chi connectivity index (χ1v) is 18.8. The molecule has 56 heavy (non-hydrogen) atoms. The summed E-state index contributed by atoms with van der Waals surface area (Å²) in [5, 5.41) is 9.77. The molecular formula is C42H41F5N4O5. The predicted molar refractivity (Wildman–Crippen MR) is 198 cm³/mol. The summed E-state index contributed by atoms with van der Waals surface area (Å²) in [7, 11) is 0. The largest absolute Gasteiger partial charge is 0.480 e. The monoisotopic (exact) mass is 776 g/mol. The van der Waals surface area contributed by atoms with Crippen molar-refractivity contribution in [3.05, 3.63) is 106 Å². The lowest BCUT2D eigenvalue weighted by molar-refractivity contribution is -0.142. The van der Waals surface area contributed by atoms with Crippen molar-refractivity contribution in [1.29, 1.82) is 0 Å². The van der Waals surface area contributed by atoms with E-state index in [9.17, 15) is 31.9 Å². The maximum absolute atomic E-state index is 14.8. The van der Waals surface area contributed by atoms with E-state index in [1.807, 2.05) is 44.2 Å². The number of hydrogen-bond acceptors (Lipinski definition) is 8. The maximum atomic E-state index is 14.8. The van der Waals surface area contributed by atoms with Crippen molar-refractivity contribution in [2.24, 2.45) is 11.8 Å². The number of benzene rings is 3. The number of hydrogen-bond donors (Lipinski definition) is 1. The van der Waals surface area contributed by atoms with Crippen molar-refractivity contribution in [1.82, 2.24) is 19.8 Å². The Morgan fingerprint density at radius 2 is 1.79 bits per heavy atom. The Morgan fingerprint density at radius 1 is 1.02 bits per heavy atom. The molecule has 1 N–H and O–H groups in total. The van der Waals surface area contributed by atoms with Crippen molar-refractivity contribution in [3.8, 4) is 5.75 Å². The molecular weight excluding hydrogens is 735 g/mol. The van der Waals surface area contributed by atoms with E-state index in [4.69, 9.17) is 23.5 Å². The number of carboxylic acids is 1. The summed E-state index contributed by atoms with van der Waals surface area (Å²) in [6, 6.07) is 12.5. The molecule has 0 bridgehead atoms. The molecule has 294 valence electrons. The lowest BCUT2D eigenvalue weighted by Gasteiger charge is -2.35. The number of likely N-dealkylation sites (tertiary alicyclic amines) is 2. The number of rotatable bonds is 10. The fraction of sp³-hybridized carbons (Fsp3) is 0.405. The van der Waals surface area contributed by atoms with Gasteiger partial charge in [-0.3, -0.25) is 14.6 Å². The molecule has 2 saturated heterocycles. The molecule has 5 aromatic rings. The summed E-state index contributed by atoms with van der Waals surface area (Å²) in [6.45, 7) is 5.14. The number of alkyl halides is 5. The Balaban J connectivity index is 1.30. The highest BCUT2D eigenvalue weighted by Crippen LogP contribution is 2.51. The minimum atomic E-state index is -4.75. The van der Waals surface area contributed by atoms with Crippen molar-refractivity contribution in [2.45, 2.75) is 77.4 Å². The van der Waals surface area contributed by atoms with Crippen molar-refractivity contribution in [3.63, 3.8) is 0 Å². The number of carboxylic acid groups (broad SMARTS) is 1. The number of aromatic nitrogens is 2. The highest BCUT2D eigenvalue weighted by molar-refractivity contribution is 5.81. The van der Waals surface area contributed by atoms with Gasteiger partial charge in [-0.25, -0.2) is 9.97 Å². The zero-order valence-electron chi connectivity index (χ0n) is 31.1. The number of allylic oxidation sites excluding steroid dienone is 4. The Morgan fingerprint density at radius 3 is 2.50 bits per heavy atom. The second-order valence-electron chi connectivity index (χ2n) is 15.3. The third-order valence-corrected chi connectivity index (χ3v) is 11.5. The van der Waals surface area contributed by atoms with E-state index in [2.05, 4.69) is 11.8 Å². The van der Waals surface area contributed by atoms with Gasteiger partial charge in [0.15, 0.2) is 11.2 Å². The highest BCUT2D eigenvalue weighted by atomic mass is 19.4. The third kappa shape index (κ3) is 6.87. The summed E-state index contributed by atoms with van der Waals surface area (Å²) in [6.07, 6.45) is 2.70. The van der Waals surface area contributed by atoms with Gasteiger partial charge in [0.25, 0.3) is 0 Å². The summed E-state index contributed by atoms with van der Waals surface area (Å²) in [5.41, 5.74) is 0.936. The van der Waals surface area contributed by atoms with Crippen LogP contribution in [0.2, 0.25) is 0 Å². The summed E-state index contributed by atoms with van der Waals surface area (Å²) in [5.74, 6) is -1.40. The average Bonchev–Trinajstić information content (AvgIpc) is 3.95. The first-order chi connectivity index (χ1) is 26.7. The van der Waals surface area contributed by atoms with Gasteiger partial charge in [0, 0.05) is 37.2 Å². The normalized spacial score (nSPS) is 23.5. The van der Waals surface area contributed by atoms with Crippen LogP contribution in [0.1, 0.15) is 72.7 Å². The number of fused-ring (bicyclic) bond motifs is 2. The van der Waals surface area contributed by atoms with Crippen LogP contribution in [0.15, 0.2) is 75.6 Å². The fourth-order valence-corrected chi connectivity index (χ4v) is 8.68. The van der Waals surface area contributed by atoms with Crippen LogP contribution in [0.5, 0.6) is 5.75 Å². The van der Waals surface area contributed by atoms with Crippen LogP contribution >= 0.6 is 0 Å². The molecule has 9 nitrogen and oxygen atoms in total. The van der Waals surface area contributed by atoms with Crippen molar-refractivity contribution < 1.29 is 45.4 Å². The van der Waals surface area contributed by atoms with E-state index in [1.54, 1.807) is 23.1 Å². The second-order valence-corrected chi connectivity index (χ2v) is 15.3. The number of halogens is 5. The number of aliphatic carboxylic acids is 1. The number of oxazole rings is 2. The van der Waals surface area contributed by atoms with Gasteiger partial charge in [-0.2, -0.15) is 22.0 Å². The molecule has 3 aliphatic rings. The molecule has 1 aliphatic carbocycles. The lowest BCUT2D eigenvalue weighted by Crippen LogP contribution is -2.36. The quantitative estimate of drug-likeness (QED) is 0.139. The number of aryl methyl sites for hydroxylation is 1. The van der Waals surface area contributed by atoms with Gasteiger partial charge in [0.2, 0.25) is 11.8 Å². The third-order valence-electron chi connectivity index (χ3n) is 11.5. The van der Waals surface area contributed by atoms with E-state index < -0.39 is 47.3 Å². The smallest absolute Gasteiger partial charge is 0.420 e. The Labute approximate surface area is 319 Å². The van der Waals surface area contributed by atoms with E-state index in [0.29, 0.717) is 37.4 Å². The molecule has 2 aliphatic heterocycles. The van der Waals surface area contributed by atoms with Crippen molar-refractivity contribution >= 4 is 33.7 Å². The summed E-state index contributed by atoms with van der Waals surface area (Å²) in [4.78, 5) is 25.4. The number of carbonyl (C=O) groups is 1. The van der Waals surface area contributed by atoms with Crippen molar-refractivity contribution in [2.75, 3.05) is 19.6 Å². The zero-order valence-corrected chi connectivity index (χ0v) is 31.1.